The molecule has 1 fully saturated rings. The quantitative estimate of drug-likeness (QED) is 0.738. The van der Waals surface area contributed by atoms with E-state index in [2.05, 4.69) is 0 Å². The molecule has 0 bridgehead atoms. The van der Waals surface area contributed by atoms with Gasteiger partial charge in [0.15, 0.2) is 12.1 Å². The summed E-state index contributed by atoms with van der Waals surface area (Å²) in [6, 6.07) is 9.75. The topological polar surface area (TPSA) is 77.4 Å². The van der Waals surface area contributed by atoms with Crippen molar-refractivity contribution in [3.05, 3.63) is 35.9 Å². The third-order valence-corrected chi connectivity index (χ3v) is 4.06. The van der Waals surface area contributed by atoms with Crippen LogP contribution >= 0.6 is 0 Å². The Balaban J connectivity index is 1.95. The molecule has 6 nitrogen and oxygen atoms in total. The van der Waals surface area contributed by atoms with Crippen molar-refractivity contribution >= 4 is 0 Å². The van der Waals surface area contributed by atoms with E-state index in [0.717, 1.165) is 5.56 Å². The fraction of sp³-hybridized carbons (Fsp3) is 0.647. The van der Waals surface area contributed by atoms with Gasteiger partial charge in [-0.25, -0.2) is 0 Å². The molecule has 23 heavy (non-hydrogen) atoms. The van der Waals surface area contributed by atoms with Gasteiger partial charge < -0.3 is 29.2 Å². The molecule has 0 amide bonds. The lowest BCUT2D eigenvalue weighted by Gasteiger charge is -2.38. The number of hydrogen-bond acceptors (Lipinski definition) is 6. The van der Waals surface area contributed by atoms with E-state index in [9.17, 15) is 10.2 Å². The van der Waals surface area contributed by atoms with Crippen LogP contribution in [0.2, 0.25) is 0 Å². The van der Waals surface area contributed by atoms with Gasteiger partial charge >= 0.3 is 0 Å². The maximum atomic E-state index is 10.1. The molecule has 2 N–H and O–H groups in total. The summed E-state index contributed by atoms with van der Waals surface area (Å²) in [6.07, 6.45) is -1.93. The highest BCUT2D eigenvalue weighted by Gasteiger charge is 2.38. The highest BCUT2D eigenvalue weighted by Crippen LogP contribution is 2.25. The van der Waals surface area contributed by atoms with Gasteiger partial charge in [0, 0.05) is 13.5 Å². The lowest BCUT2D eigenvalue weighted by Crippen LogP contribution is -2.50. The largest absolute Gasteiger partial charge is 0.391 e. The van der Waals surface area contributed by atoms with E-state index in [4.69, 9.17) is 18.9 Å². The molecular formula is C17H26O6. The zero-order valence-corrected chi connectivity index (χ0v) is 13.8. The van der Waals surface area contributed by atoms with Crippen LogP contribution in [0.5, 0.6) is 0 Å². The normalized spacial score (nSPS) is 29.0. The molecule has 0 spiro atoms. The van der Waals surface area contributed by atoms with Crippen LogP contribution in [0, 0.1) is 0 Å². The third kappa shape index (κ3) is 5.24. The van der Waals surface area contributed by atoms with E-state index < -0.39 is 30.4 Å². The Morgan fingerprint density at radius 1 is 1.35 bits per heavy atom. The first-order valence-electron chi connectivity index (χ1n) is 7.80. The molecule has 1 aromatic rings. The lowest BCUT2D eigenvalue weighted by atomic mass is 10.1. The molecule has 1 saturated heterocycles. The van der Waals surface area contributed by atoms with E-state index in [1.54, 1.807) is 6.92 Å². The Bertz CT molecular complexity index is 463. The van der Waals surface area contributed by atoms with Crippen molar-refractivity contribution in [3.63, 3.8) is 0 Å². The van der Waals surface area contributed by atoms with Crippen molar-refractivity contribution in [1.82, 2.24) is 0 Å². The predicted octanol–water partition coefficient (Wildman–Crippen LogP) is 1.44. The van der Waals surface area contributed by atoms with Crippen molar-refractivity contribution in [1.29, 1.82) is 0 Å². The lowest BCUT2D eigenvalue weighted by molar-refractivity contribution is -0.299. The van der Waals surface area contributed by atoms with Crippen molar-refractivity contribution in [2.45, 2.75) is 57.3 Å². The van der Waals surface area contributed by atoms with Crippen LogP contribution < -0.4 is 0 Å². The maximum Gasteiger partial charge on any atom is 0.188 e. The second-order valence-electron chi connectivity index (χ2n) is 5.96. The van der Waals surface area contributed by atoms with Crippen LogP contribution in [0.3, 0.4) is 0 Å². The van der Waals surface area contributed by atoms with Gasteiger partial charge in [-0.1, -0.05) is 30.3 Å². The summed E-state index contributed by atoms with van der Waals surface area (Å²) in [5.41, 5.74) is 1.03. The Kier molecular flexibility index (Phi) is 6.52. The Hall–Kier alpha value is -1.02. The molecule has 5 unspecified atom stereocenters. The number of hydrogen-bond donors (Lipinski definition) is 2. The molecule has 1 heterocycles. The molecule has 6 heteroatoms. The van der Waals surface area contributed by atoms with Gasteiger partial charge in [0.05, 0.1) is 19.3 Å². The molecule has 130 valence electrons. The van der Waals surface area contributed by atoms with Crippen molar-refractivity contribution in [2.75, 3.05) is 13.7 Å². The SMILES string of the molecule is COC(C)(O)C(C)OC1CC(O)COC1OCc1ccccc1. The van der Waals surface area contributed by atoms with Crippen LogP contribution in [0.1, 0.15) is 25.8 Å². The molecule has 0 aliphatic carbocycles. The van der Waals surface area contributed by atoms with Crippen molar-refractivity contribution in [2.24, 2.45) is 0 Å². The highest BCUT2D eigenvalue weighted by molar-refractivity contribution is 5.13. The van der Waals surface area contributed by atoms with Gasteiger partial charge in [0.1, 0.15) is 12.2 Å². The van der Waals surface area contributed by atoms with Crippen LogP contribution in [0.25, 0.3) is 0 Å². The second-order valence-corrected chi connectivity index (χ2v) is 5.96. The summed E-state index contributed by atoms with van der Waals surface area (Å²) in [6.45, 7) is 3.82. The molecule has 1 aromatic carbocycles. The summed E-state index contributed by atoms with van der Waals surface area (Å²) in [7, 11) is 1.41. The first-order valence-corrected chi connectivity index (χ1v) is 7.80. The molecule has 0 saturated carbocycles. The van der Waals surface area contributed by atoms with Gasteiger partial charge in [-0.2, -0.15) is 0 Å². The summed E-state index contributed by atoms with van der Waals surface area (Å²) in [5, 5.41) is 19.9. The minimum atomic E-state index is -1.42. The fourth-order valence-electron chi connectivity index (χ4n) is 2.34. The van der Waals surface area contributed by atoms with Gasteiger partial charge in [0.2, 0.25) is 0 Å². The Morgan fingerprint density at radius 3 is 2.70 bits per heavy atom. The molecular weight excluding hydrogens is 300 g/mol. The number of rotatable bonds is 7. The van der Waals surface area contributed by atoms with Crippen LogP contribution in [0.15, 0.2) is 30.3 Å². The molecule has 1 aliphatic rings. The standard InChI is InChI=1S/C17H26O6/c1-12(17(2,19)20-3)23-15-9-14(18)11-22-16(15)21-10-13-7-5-4-6-8-13/h4-8,12,14-16,18-19H,9-11H2,1-3H3. The first-order chi connectivity index (χ1) is 10.9. The number of ether oxygens (including phenoxy) is 4. The average molecular weight is 326 g/mol. The smallest absolute Gasteiger partial charge is 0.188 e. The highest BCUT2D eigenvalue weighted by atomic mass is 16.7. The molecule has 5 atom stereocenters. The second kappa shape index (κ2) is 8.19. The zero-order chi connectivity index (χ0) is 16.9. The summed E-state index contributed by atoms with van der Waals surface area (Å²) < 4.78 is 22.2. The van der Waals surface area contributed by atoms with Crippen molar-refractivity contribution in [3.8, 4) is 0 Å². The van der Waals surface area contributed by atoms with E-state index in [0.29, 0.717) is 13.0 Å². The summed E-state index contributed by atoms with van der Waals surface area (Å²) >= 11 is 0. The van der Waals surface area contributed by atoms with Gasteiger partial charge in [-0.3, -0.25) is 0 Å². The monoisotopic (exact) mass is 326 g/mol. The molecule has 2 rings (SSSR count). The number of aliphatic hydroxyl groups excluding tert-OH is 1. The Labute approximate surface area is 136 Å². The minimum Gasteiger partial charge on any atom is -0.391 e. The number of methoxy groups -OCH3 is 1. The molecule has 0 radical (unpaired) electrons. The zero-order valence-electron chi connectivity index (χ0n) is 13.8. The third-order valence-electron chi connectivity index (χ3n) is 4.06. The maximum absolute atomic E-state index is 10.1. The first kappa shape index (κ1) is 18.3. The van der Waals surface area contributed by atoms with E-state index in [-0.39, 0.29) is 6.61 Å². The molecule has 1 aliphatic heterocycles. The van der Waals surface area contributed by atoms with Crippen LogP contribution in [-0.4, -0.2) is 54.3 Å². The van der Waals surface area contributed by atoms with E-state index >= 15 is 0 Å². The van der Waals surface area contributed by atoms with E-state index in [1.165, 1.54) is 14.0 Å². The predicted molar refractivity (Wildman–Crippen MR) is 83.6 cm³/mol. The van der Waals surface area contributed by atoms with Crippen LogP contribution in [-0.2, 0) is 25.6 Å². The van der Waals surface area contributed by atoms with Gasteiger partial charge in [-0.15, -0.1) is 0 Å². The van der Waals surface area contributed by atoms with Crippen molar-refractivity contribution < 1.29 is 29.2 Å². The fourth-order valence-corrected chi connectivity index (χ4v) is 2.34. The average Bonchev–Trinajstić information content (AvgIpc) is 2.55. The summed E-state index contributed by atoms with van der Waals surface area (Å²) in [4.78, 5) is 0. The number of aliphatic hydroxyl groups is 2. The van der Waals surface area contributed by atoms with Crippen LogP contribution in [0.4, 0.5) is 0 Å². The van der Waals surface area contributed by atoms with Gasteiger partial charge in [0.25, 0.3) is 0 Å². The van der Waals surface area contributed by atoms with Gasteiger partial charge in [-0.05, 0) is 19.4 Å². The van der Waals surface area contributed by atoms with E-state index in [1.807, 2.05) is 30.3 Å². The minimum absolute atomic E-state index is 0.203. The number of benzene rings is 1. The summed E-state index contributed by atoms with van der Waals surface area (Å²) in [5.74, 6) is -1.42. The molecule has 0 aromatic heterocycles. The Morgan fingerprint density at radius 2 is 2.04 bits per heavy atom.